The smallest absolute Gasteiger partial charge is 0.296 e. The molecule has 0 unspecified atom stereocenters. The van der Waals surface area contributed by atoms with E-state index in [1.807, 2.05) is 30.3 Å². The van der Waals surface area contributed by atoms with Crippen LogP contribution < -0.4 is 14.8 Å². The van der Waals surface area contributed by atoms with Crippen molar-refractivity contribution >= 4 is 108 Å². The first-order chi connectivity index (χ1) is 34.4. The van der Waals surface area contributed by atoms with Gasteiger partial charge < -0.3 is 19.9 Å². The fraction of sp³-hybridized carbons (Fsp3) is 0.111. The molecule has 0 aliphatic heterocycles. The molecule has 0 amide bonds. The Kier molecular flexibility index (Phi) is 15.8. The van der Waals surface area contributed by atoms with Gasteiger partial charge in [-0.05, 0) is 121 Å². The Morgan fingerprint density at radius 1 is 0.521 bits per heavy atom. The minimum Gasteiger partial charge on any atom is -0.505 e. The van der Waals surface area contributed by atoms with Gasteiger partial charge in [-0.1, -0.05) is 18.2 Å². The molecule has 0 bridgehead atoms. The van der Waals surface area contributed by atoms with Gasteiger partial charge in [-0.2, -0.15) is 54.1 Å². The molecule has 0 spiro atoms. The third-order valence-corrected chi connectivity index (χ3v) is 13.5. The summed E-state index contributed by atoms with van der Waals surface area (Å²) in [6.07, 6.45) is -0.156. The van der Waals surface area contributed by atoms with Crippen molar-refractivity contribution in [3.05, 3.63) is 133 Å². The second kappa shape index (κ2) is 21.8. The second-order valence-corrected chi connectivity index (χ2v) is 21.1. The van der Waals surface area contributed by atoms with Gasteiger partial charge in [0.15, 0.2) is 5.75 Å². The molecule has 0 fully saturated rings. The van der Waals surface area contributed by atoms with E-state index in [0.29, 0.717) is 39.8 Å². The molecule has 7 aromatic carbocycles. The van der Waals surface area contributed by atoms with Crippen LogP contribution in [0.3, 0.4) is 0 Å². The first kappa shape index (κ1) is 52.9. The van der Waals surface area contributed by atoms with Crippen LogP contribution in [-0.4, -0.2) is 76.5 Å². The quantitative estimate of drug-likeness (QED) is 0.0249. The summed E-state index contributed by atoms with van der Waals surface area (Å²) in [7, 11) is -17.8. The number of nitrogens with one attached hydrogen (secondary N) is 1. The average molecular weight is 1070 g/mol. The normalized spacial score (nSPS) is 12.7. The van der Waals surface area contributed by atoms with Gasteiger partial charge in [-0.15, -0.1) is 20.5 Å². The molecule has 378 valence electrons. The summed E-state index contributed by atoms with van der Waals surface area (Å²) in [4.78, 5) is -2.50. The lowest BCUT2D eigenvalue weighted by atomic mass is 10.1. The van der Waals surface area contributed by atoms with E-state index in [1.54, 1.807) is 43.3 Å². The van der Waals surface area contributed by atoms with E-state index in [4.69, 9.17) is 14.0 Å². The number of para-hydroxylation sites is 1. The first-order valence-electron chi connectivity index (χ1n) is 20.8. The van der Waals surface area contributed by atoms with Gasteiger partial charge in [0.2, 0.25) is 0 Å². The van der Waals surface area contributed by atoms with Gasteiger partial charge in [-0.3, -0.25) is 18.2 Å². The minimum absolute atomic E-state index is 0.0548. The van der Waals surface area contributed by atoms with E-state index in [0.717, 1.165) is 17.8 Å². The molecule has 73 heavy (non-hydrogen) atoms. The number of hydrogen-bond acceptors (Lipinski definition) is 20. The Hall–Kier alpha value is -7.96. The molecular formula is C45H39N9O15S4. The van der Waals surface area contributed by atoms with Gasteiger partial charge in [-0.25, -0.2) is 0 Å². The minimum atomic E-state index is -5.07. The van der Waals surface area contributed by atoms with Gasteiger partial charge >= 0.3 is 0 Å². The topological polar surface area (TPSA) is 367 Å². The Balaban J connectivity index is 1.08. The number of aromatic hydroxyl groups is 1. The summed E-state index contributed by atoms with van der Waals surface area (Å²) in [5.74, 6) is -1.07. The number of ether oxygens (including phenoxy) is 2. The van der Waals surface area contributed by atoms with Crippen molar-refractivity contribution in [2.45, 2.75) is 28.0 Å². The summed E-state index contributed by atoms with van der Waals surface area (Å²) in [5.41, 5.74) is 2.34. The van der Waals surface area contributed by atoms with Crippen LogP contribution in [0.25, 0.3) is 10.8 Å². The number of phenols is 1. The summed E-state index contributed by atoms with van der Waals surface area (Å²) >= 11 is 0. The van der Waals surface area contributed by atoms with Crippen molar-refractivity contribution in [1.82, 2.24) is 0 Å². The zero-order chi connectivity index (χ0) is 52.7. The van der Waals surface area contributed by atoms with E-state index in [9.17, 15) is 52.4 Å². The van der Waals surface area contributed by atoms with Crippen molar-refractivity contribution < 1.29 is 66.5 Å². The van der Waals surface area contributed by atoms with Crippen LogP contribution in [0.15, 0.2) is 183 Å². The lowest BCUT2D eigenvalue weighted by molar-refractivity contribution is 0.317. The molecule has 0 saturated carbocycles. The molecule has 0 atom stereocenters. The monoisotopic (exact) mass is 1070 g/mol. The van der Waals surface area contributed by atoms with Gasteiger partial charge in [0.1, 0.15) is 44.0 Å². The number of rotatable bonds is 19. The molecule has 0 aliphatic carbocycles. The predicted octanol–water partition coefficient (Wildman–Crippen LogP) is 11.7. The first-order valence-corrected chi connectivity index (χ1v) is 26.7. The second-order valence-electron chi connectivity index (χ2n) is 15.3. The maximum absolute atomic E-state index is 12.5. The number of anilines is 2. The van der Waals surface area contributed by atoms with Crippen LogP contribution in [0, 0.1) is 6.92 Å². The maximum atomic E-state index is 12.5. The number of azo groups is 4. The van der Waals surface area contributed by atoms with E-state index in [-0.39, 0.29) is 47.0 Å². The number of phenolic OH excluding ortho intramolecular Hbond substituents is 1. The van der Waals surface area contributed by atoms with Crippen LogP contribution in [0.4, 0.5) is 56.9 Å². The molecule has 0 aromatic heterocycles. The van der Waals surface area contributed by atoms with Crippen molar-refractivity contribution in [2.75, 3.05) is 24.8 Å². The van der Waals surface area contributed by atoms with E-state index < -0.39 is 78.0 Å². The average Bonchev–Trinajstić information content (AvgIpc) is 3.32. The van der Waals surface area contributed by atoms with E-state index >= 15 is 0 Å². The number of aryl methyl sites for hydroxylation is 1. The number of hydrogen-bond donors (Lipinski definition) is 6. The highest BCUT2D eigenvalue weighted by Gasteiger charge is 2.24. The van der Waals surface area contributed by atoms with Crippen molar-refractivity contribution in [3.63, 3.8) is 0 Å². The molecule has 24 nitrogen and oxygen atoms in total. The van der Waals surface area contributed by atoms with Crippen LogP contribution in [-0.2, 0) is 40.5 Å². The summed E-state index contributed by atoms with van der Waals surface area (Å²) in [5, 5.41) is 47.9. The number of methoxy groups -OCH3 is 1. The molecular weight excluding hydrogens is 1030 g/mol. The zero-order valence-electron chi connectivity index (χ0n) is 37.8. The van der Waals surface area contributed by atoms with E-state index in [2.05, 4.69) is 46.2 Å². The maximum Gasteiger partial charge on any atom is 0.296 e. The zero-order valence-corrected chi connectivity index (χ0v) is 41.0. The summed E-state index contributed by atoms with van der Waals surface area (Å²) in [6, 6.07) is 30.9. The van der Waals surface area contributed by atoms with Crippen LogP contribution >= 0.6 is 0 Å². The molecule has 28 heteroatoms. The lowest BCUT2D eigenvalue weighted by Gasteiger charge is -2.12. The molecule has 0 aliphatic rings. The summed E-state index contributed by atoms with van der Waals surface area (Å²) in [6.45, 7) is 1.47. The van der Waals surface area contributed by atoms with Crippen LogP contribution in [0.2, 0.25) is 0 Å². The molecule has 7 aromatic rings. The molecule has 0 heterocycles. The highest BCUT2D eigenvalue weighted by atomic mass is 32.2. The molecule has 7 rings (SSSR count). The lowest BCUT2D eigenvalue weighted by Crippen LogP contribution is -2.08. The van der Waals surface area contributed by atoms with E-state index in [1.165, 1.54) is 49.6 Å². The molecule has 0 saturated heterocycles. The Morgan fingerprint density at radius 2 is 1.08 bits per heavy atom. The fourth-order valence-electron chi connectivity index (χ4n) is 6.61. The molecule has 0 radical (unpaired) electrons. The largest absolute Gasteiger partial charge is 0.505 e. The standard InChI is InChI=1S/C45H39N9O15S4/c1-27-21-31(10-15-36(27)50-49-33-12-17-38(41(25-33)69-19-6-20-70(56,57)58)51-53-39-18-13-34(71(59,60)61)26-42(39)72(62,63)64)47-48-32-11-16-37(40(24-32)68-2)52-54-44-43(73(65,66)67)23-28-22-30(9-14-35(28)45(44)55)46-29-7-4-3-5-8-29/h3-5,7-18,21-26,46,55H,6,19-20H2,1-2H3,(H,56,57,58)(H,59,60,61)(H,62,63,64)(H,65,66,67). The third kappa shape index (κ3) is 13.9. The van der Waals surface area contributed by atoms with Gasteiger partial charge in [0.05, 0.1) is 47.1 Å². The van der Waals surface area contributed by atoms with Gasteiger partial charge in [0, 0.05) is 28.9 Å². The van der Waals surface area contributed by atoms with Crippen molar-refractivity contribution in [3.8, 4) is 17.2 Å². The van der Waals surface area contributed by atoms with Crippen molar-refractivity contribution in [1.29, 1.82) is 0 Å². The SMILES string of the molecule is COc1cc(N=Nc2ccc(N=Nc3ccc(N=Nc4ccc(S(=O)(=O)O)cc4S(=O)(=O)O)c(OCCCS(=O)(=O)O)c3)c(C)c2)ccc1N=Nc1c(S(=O)(=O)O)cc2cc(Nc3ccccc3)ccc2c1O. The van der Waals surface area contributed by atoms with Crippen LogP contribution in [0.5, 0.6) is 17.2 Å². The number of fused-ring (bicyclic) bond motifs is 1. The number of benzene rings is 7. The highest BCUT2D eigenvalue weighted by Crippen LogP contribution is 2.44. The Labute approximate surface area is 416 Å². The third-order valence-electron chi connectivity index (χ3n) is 10.1. The van der Waals surface area contributed by atoms with Crippen molar-refractivity contribution in [2.24, 2.45) is 40.9 Å². The van der Waals surface area contributed by atoms with Crippen LogP contribution in [0.1, 0.15) is 12.0 Å². The summed E-state index contributed by atoms with van der Waals surface area (Å²) < 4.78 is 144. The van der Waals surface area contributed by atoms with Gasteiger partial charge in [0.25, 0.3) is 40.5 Å². The highest BCUT2D eigenvalue weighted by molar-refractivity contribution is 7.87. The number of nitrogens with zero attached hydrogens (tertiary/aromatic N) is 8. The molecule has 6 N–H and O–H groups in total. The predicted molar refractivity (Wildman–Crippen MR) is 265 cm³/mol. The Morgan fingerprint density at radius 3 is 1.70 bits per heavy atom. The Bertz CT molecular complexity index is 3860. The fourth-order valence-corrected chi connectivity index (χ4v) is 8.98.